The SMILES string of the molecule is Br.Br.CN(C)C1=NC(c2ccccn2)c2ccc(O)cc2C1. The van der Waals surface area contributed by atoms with Crippen molar-refractivity contribution in [1.29, 1.82) is 0 Å². The second-order valence-corrected chi connectivity index (χ2v) is 5.16. The minimum Gasteiger partial charge on any atom is -0.508 e. The minimum absolute atomic E-state index is 0. The van der Waals surface area contributed by atoms with E-state index in [-0.39, 0.29) is 40.0 Å². The number of phenols is 1. The van der Waals surface area contributed by atoms with Gasteiger partial charge < -0.3 is 10.0 Å². The van der Waals surface area contributed by atoms with Crippen molar-refractivity contribution < 1.29 is 5.11 Å². The number of rotatable bonds is 1. The maximum atomic E-state index is 9.70. The Morgan fingerprint density at radius 1 is 1.14 bits per heavy atom. The molecule has 0 spiro atoms. The third-order valence-corrected chi connectivity index (χ3v) is 3.53. The van der Waals surface area contributed by atoms with Crippen molar-refractivity contribution in [2.45, 2.75) is 12.5 Å². The van der Waals surface area contributed by atoms with E-state index < -0.39 is 0 Å². The van der Waals surface area contributed by atoms with Crippen LogP contribution in [-0.2, 0) is 6.42 Å². The molecule has 0 saturated heterocycles. The highest BCUT2D eigenvalue weighted by molar-refractivity contribution is 8.93. The van der Waals surface area contributed by atoms with Crippen LogP contribution in [0.2, 0.25) is 0 Å². The standard InChI is InChI=1S/C16H17N3O.2BrH/c1-19(2)15-10-11-9-12(20)6-7-13(11)16(18-15)14-5-3-4-8-17-14;;/h3-9,16,20H,10H2,1-2H3;2*1H. The summed E-state index contributed by atoms with van der Waals surface area (Å²) in [6, 6.07) is 11.2. The molecule has 0 saturated carbocycles. The van der Waals surface area contributed by atoms with E-state index in [2.05, 4.69) is 4.98 Å². The predicted molar refractivity (Wildman–Crippen MR) is 99.7 cm³/mol. The smallest absolute Gasteiger partial charge is 0.119 e. The molecule has 3 rings (SSSR count). The normalized spacial score (nSPS) is 15.7. The molecule has 22 heavy (non-hydrogen) atoms. The van der Waals surface area contributed by atoms with Crippen LogP contribution in [0.1, 0.15) is 22.9 Å². The molecule has 1 N–H and O–H groups in total. The highest BCUT2D eigenvalue weighted by atomic mass is 79.9. The van der Waals surface area contributed by atoms with Crippen LogP contribution in [-0.4, -0.2) is 34.9 Å². The first kappa shape index (κ1) is 18.6. The molecule has 2 aromatic rings. The number of aromatic nitrogens is 1. The number of likely N-dealkylation sites (N-methyl/N-ethyl adjacent to an activating group) is 1. The molecule has 1 aromatic heterocycles. The summed E-state index contributed by atoms with van der Waals surface area (Å²) in [5.74, 6) is 1.29. The van der Waals surface area contributed by atoms with Gasteiger partial charge in [-0.2, -0.15) is 0 Å². The van der Waals surface area contributed by atoms with Crippen molar-refractivity contribution in [1.82, 2.24) is 9.88 Å². The van der Waals surface area contributed by atoms with E-state index >= 15 is 0 Å². The van der Waals surface area contributed by atoms with Crippen molar-refractivity contribution in [2.24, 2.45) is 4.99 Å². The van der Waals surface area contributed by atoms with Gasteiger partial charge in [-0.15, -0.1) is 34.0 Å². The third kappa shape index (κ3) is 3.67. The summed E-state index contributed by atoms with van der Waals surface area (Å²) in [4.78, 5) is 11.3. The van der Waals surface area contributed by atoms with Gasteiger partial charge in [-0.05, 0) is 35.4 Å². The Hall–Kier alpha value is -1.40. The van der Waals surface area contributed by atoms with Crippen molar-refractivity contribution in [3.8, 4) is 5.75 Å². The molecule has 0 amide bonds. The Morgan fingerprint density at radius 3 is 2.55 bits per heavy atom. The summed E-state index contributed by atoms with van der Waals surface area (Å²) in [6.45, 7) is 0. The molecule has 4 nitrogen and oxygen atoms in total. The lowest BCUT2D eigenvalue weighted by atomic mass is 9.92. The van der Waals surface area contributed by atoms with Gasteiger partial charge in [0.1, 0.15) is 17.6 Å². The number of aliphatic imine (C=N–C) groups is 1. The maximum absolute atomic E-state index is 9.70. The Kier molecular flexibility index (Phi) is 6.56. The van der Waals surface area contributed by atoms with Crippen molar-refractivity contribution in [3.63, 3.8) is 0 Å². The molecule has 1 atom stereocenters. The fraction of sp³-hybridized carbons (Fsp3) is 0.250. The van der Waals surface area contributed by atoms with Crippen LogP contribution in [0.3, 0.4) is 0 Å². The summed E-state index contributed by atoms with van der Waals surface area (Å²) in [6.07, 6.45) is 2.52. The molecule has 2 heterocycles. The van der Waals surface area contributed by atoms with Gasteiger partial charge in [0.2, 0.25) is 0 Å². The molecule has 1 aliphatic rings. The van der Waals surface area contributed by atoms with Crippen LogP contribution >= 0.6 is 34.0 Å². The lowest BCUT2D eigenvalue weighted by molar-refractivity contribution is 0.474. The summed E-state index contributed by atoms with van der Waals surface area (Å²) in [5.41, 5.74) is 3.16. The molecule has 6 heteroatoms. The number of nitrogens with zero attached hydrogens (tertiary/aromatic N) is 3. The molecule has 0 aliphatic carbocycles. The lowest BCUT2D eigenvalue weighted by Gasteiger charge is -2.27. The van der Waals surface area contributed by atoms with Crippen LogP contribution in [0.5, 0.6) is 5.75 Å². The second-order valence-electron chi connectivity index (χ2n) is 5.16. The first-order chi connectivity index (χ1) is 9.65. The van der Waals surface area contributed by atoms with Gasteiger partial charge in [-0.3, -0.25) is 9.98 Å². The van der Waals surface area contributed by atoms with E-state index in [0.29, 0.717) is 5.75 Å². The van der Waals surface area contributed by atoms with Gasteiger partial charge in [0, 0.05) is 26.7 Å². The number of amidine groups is 1. The molecule has 0 radical (unpaired) electrons. The van der Waals surface area contributed by atoms with E-state index in [0.717, 1.165) is 29.1 Å². The van der Waals surface area contributed by atoms with E-state index in [1.54, 1.807) is 12.3 Å². The molecule has 1 aliphatic heterocycles. The van der Waals surface area contributed by atoms with Crippen LogP contribution in [0.15, 0.2) is 47.6 Å². The topological polar surface area (TPSA) is 48.7 Å². The molecule has 1 aromatic carbocycles. The van der Waals surface area contributed by atoms with Gasteiger partial charge in [-0.25, -0.2) is 0 Å². The lowest BCUT2D eigenvalue weighted by Crippen LogP contribution is -2.28. The zero-order chi connectivity index (χ0) is 14.1. The van der Waals surface area contributed by atoms with Crippen LogP contribution in [0.25, 0.3) is 0 Å². The first-order valence-corrected chi connectivity index (χ1v) is 6.62. The van der Waals surface area contributed by atoms with E-state index in [4.69, 9.17) is 4.99 Å². The summed E-state index contributed by atoms with van der Waals surface area (Å²) < 4.78 is 0. The fourth-order valence-corrected chi connectivity index (χ4v) is 2.48. The number of aromatic hydroxyl groups is 1. The zero-order valence-corrected chi connectivity index (χ0v) is 15.9. The molecule has 118 valence electrons. The molecular weight excluding hydrogens is 410 g/mol. The Bertz CT molecular complexity index is 660. The number of halogens is 2. The summed E-state index contributed by atoms with van der Waals surface area (Å²) >= 11 is 0. The monoisotopic (exact) mass is 427 g/mol. The number of phenolic OH excluding ortho intramolecular Hbond substituents is 1. The Morgan fingerprint density at radius 2 is 1.91 bits per heavy atom. The minimum atomic E-state index is -0.0991. The Balaban J connectivity index is 0.00000121. The molecule has 0 fully saturated rings. The highest BCUT2D eigenvalue weighted by Gasteiger charge is 2.24. The molecule has 0 bridgehead atoms. The number of benzene rings is 1. The van der Waals surface area contributed by atoms with Crippen LogP contribution < -0.4 is 0 Å². The quantitative estimate of drug-likeness (QED) is 0.755. The largest absolute Gasteiger partial charge is 0.508 e. The fourth-order valence-electron chi connectivity index (χ4n) is 2.48. The van der Waals surface area contributed by atoms with Crippen molar-refractivity contribution in [3.05, 3.63) is 59.4 Å². The average Bonchev–Trinajstić information content (AvgIpc) is 2.46. The van der Waals surface area contributed by atoms with E-state index in [1.807, 2.05) is 49.3 Å². The second kappa shape index (κ2) is 7.74. The van der Waals surface area contributed by atoms with Gasteiger partial charge >= 0.3 is 0 Å². The first-order valence-electron chi connectivity index (χ1n) is 6.62. The molecular formula is C16H19Br2N3O. The average molecular weight is 429 g/mol. The van der Waals surface area contributed by atoms with Crippen LogP contribution in [0, 0.1) is 0 Å². The summed E-state index contributed by atoms with van der Waals surface area (Å²) in [7, 11) is 3.98. The molecule has 1 unspecified atom stereocenters. The van der Waals surface area contributed by atoms with Crippen LogP contribution in [0.4, 0.5) is 0 Å². The van der Waals surface area contributed by atoms with Gasteiger partial charge in [0.25, 0.3) is 0 Å². The van der Waals surface area contributed by atoms with Gasteiger partial charge in [-0.1, -0.05) is 12.1 Å². The highest BCUT2D eigenvalue weighted by Crippen LogP contribution is 2.33. The van der Waals surface area contributed by atoms with Crippen molar-refractivity contribution >= 4 is 39.8 Å². The van der Waals surface area contributed by atoms with E-state index in [9.17, 15) is 5.11 Å². The maximum Gasteiger partial charge on any atom is 0.119 e. The van der Waals surface area contributed by atoms with E-state index in [1.165, 1.54) is 0 Å². The number of pyridine rings is 1. The number of hydrogen-bond donors (Lipinski definition) is 1. The number of hydrogen-bond acceptors (Lipinski definition) is 4. The van der Waals surface area contributed by atoms with Gasteiger partial charge in [0.05, 0.1) is 5.69 Å². The van der Waals surface area contributed by atoms with Crippen molar-refractivity contribution in [2.75, 3.05) is 14.1 Å². The Labute approximate surface area is 151 Å². The third-order valence-electron chi connectivity index (χ3n) is 3.53. The van der Waals surface area contributed by atoms with Gasteiger partial charge in [0.15, 0.2) is 0 Å². The predicted octanol–water partition coefficient (Wildman–Crippen LogP) is 3.55. The summed E-state index contributed by atoms with van der Waals surface area (Å²) in [5, 5.41) is 9.70. The zero-order valence-electron chi connectivity index (χ0n) is 12.4. The number of fused-ring (bicyclic) bond motifs is 1.